The molecule has 2 aromatic heterocycles. The van der Waals surface area contributed by atoms with E-state index in [0.29, 0.717) is 11.8 Å². The summed E-state index contributed by atoms with van der Waals surface area (Å²) in [6.07, 6.45) is 6.19. The van der Waals surface area contributed by atoms with Gasteiger partial charge in [-0.25, -0.2) is 15.0 Å². The van der Waals surface area contributed by atoms with Crippen molar-refractivity contribution in [3.63, 3.8) is 0 Å². The summed E-state index contributed by atoms with van der Waals surface area (Å²) in [5, 5.41) is 23.1. The number of anilines is 1. The summed E-state index contributed by atoms with van der Waals surface area (Å²) in [6.45, 7) is 4.65. The zero-order chi connectivity index (χ0) is 17.8. The van der Waals surface area contributed by atoms with Gasteiger partial charge in [-0.15, -0.1) is 0 Å². The minimum atomic E-state index is -0.740. The number of phenolic OH excluding ortho intramolecular Hbond substituents is 1. The summed E-state index contributed by atoms with van der Waals surface area (Å²) in [7, 11) is 0. The van der Waals surface area contributed by atoms with Gasteiger partial charge in [0, 0.05) is 31.3 Å². The molecule has 0 saturated heterocycles. The summed E-state index contributed by atoms with van der Waals surface area (Å²) in [5.41, 5.74) is 1.50. The standard InChI is InChI=1S/C18H21N5O2/c1-3-19-18-21-10-14(11-22-18)17-20-8-9-23(17)12(2)16(25)13-4-6-15(24)7-5-13/h4-12,16,24-25H,3H2,1-2H3,(H,19,21,22)/t12-,16-/m1/s1. The lowest BCUT2D eigenvalue weighted by atomic mass is 10.0. The Hall–Kier alpha value is -2.93. The molecule has 0 aliphatic rings. The minimum absolute atomic E-state index is 0.171. The van der Waals surface area contributed by atoms with Crippen LogP contribution in [0.2, 0.25) is 0 Å². The Morgan fingerprint density at radius 3 is 2.44 bits per heavy atom. The van der Waals surface area contributed by atoms with Crippen LogP contribution in [-0.4, -0.2) is 36.3 Å². The van der Waals surface area contributed by atoms with E-state index in [1.165, 1.54) is 0 Å². The molecule has 130 valence electrons. The Kier molecular flexibility index (Phi) is 4.95. The van der Waals surface area contributed by atoms with E-state index in [0.717, 1.165) is 17.7 Å². The summed E-state index contributed by atoms with van der Waals surface area (Å²) in [5.74, 6) is 1.43. The van der Waals surface area contributed by atoms with Gasteiger partial charge in [0.1, 0.15) is 11.6 Å². The molecule has 1 aromatic carbocycles. The predicted molar refractivity (Wildman–Crippen MR) is 95.2 cm³/mol. The number of aromatic hydroxyl groups is 1. The molecule has 0 aliphatic heterocycles. The number of nitrogens with one attached hydrogen (secondary N) is 1. The average Bonchev–Trinajstić information content (AvgIpc) is 3.12. The van der Waals surface area contributed by atoms with Crippen molar-refractivity contribution in [3.8, 4) is 17.1 Å². The normalized spacial score (nSPS) is 13.4. The topological polar surface area (TPSA) is 96.1 Å². The van der Waals surface area contributed by atoms with E-state index < -0.39 is 6.10 Å². The SMILES string of the molecule is CCNc1ncc(-c2nccn2[C@H](C)[C@@H](O)c2ccc(O)cc2)cn1. The quantitative estimate of drug-likeness (QED) is 0.639. The van der Waals surface area contributed by atoms with E-state index in [2.05, 4.69) is 20.3 Å². The Labute approximate surface area is 146 Å². The molecule has 2 heterocycles. The monoisotopic (exact) mass is 339 g/mol. The Balaban J connectivity index is 1.86. The number of hydrogen-bond donors (Lipinski definition) is 3. The highest BCUT2D eigenvalue weighted by molar-refractivity contribution is 5.54. The zero-order valence-corrected chi connectivity index (χ0v) is 14.2. The fourth-order valence-corrected chi connectivity index (χ4v) is 2.66. The Morgan fingerprint density at radius 1 is 1.12 bits per heavy atom. The van der Waals surface area contributed by atoms with E-state index in [1.54, 1.807) is 42.9 Å². The number of aromatic nitrogens is 4. The van der Waals surface area contributed by atoms with Gasteiger partial charge in [0.05, 0.1) is 17.7 Å². The van der Waals surface area contributed by atoms with Crippen molar-refractivity contribution in [2.75, 3.05) is 11.9 Å². The second-order valence-electron chi connectivity index (χ2n) is 5.76. The fourth-order valence-electron chi connectivity index (χ4n) is 2.66. The van der Waals surface area contributed by atoms with Gasteiger partial charge in [-0.2, -0.15) is 0 Å². The van der Waals surface area contributed by atoms with Crippen LogP contribution < -0.4 is 5.32 Å². The van der Waals surface area contributed by atoms with E-state index in [-0.39, 0.29) is 11.8 Å². The molecule has 7 nitrogen and oxygen atoms in total. The molecule has 7 heteroatoms. The van der Waals surface area contributed by atoms with E-state index in [1.807, 2.05) is 24.6 Å². The van der Waals surface area contributed by atoms with Crippen LogP contribution in [0.5, 0.6) is 5.75 Å². The molecule has 0 bridgehead atoms. The zero-order valence-electron chi connectivity index (χ0n) is 14.2. The van der Waals surface area contributed by atoms with Crippen molar-refractivity contribution in [2.45, 2.75) is 26.0 Å². The number of hydrogen-bond acceptors (Lipinski definition) is 6. The van der Waals surface area contributed by atoms with Crippen molar-refractivity contribution in [1.29, 1.82) is 0 Å². The van der Waals surface area contributed by atoms with Gasteiger partial charge in [0.25, 0.3) is 0 Å². The van der Waals surface area contributed by atoms with Gasteiger partial charge in [-0.3, -0.25) is 0 Å². The number of imidazole rings is 1. The Morgan fingerprint density at radius 2 is 1.80 bits per heavy atom. The van der Waals surface area contributed by atoms with E-state index in [4.69, 9.17) is 0 Å². The lowest BCUT2D eigenvalue weighted by molar-refractivity contribution is 0.122. The number of aliphatic hydroxyl groups excluding tert-OH is 1. The second-order valence-corrected chi connectivity index (χ2v) is 5.76. The van der Waals surface area contributed by atoms with Gasteiger partial charge < -0.3 is 20.1 Å². The second kappa shape index (κ2) is 7.31. The number of aliphatic hydroxyl groups is 1. The van der Waals surface area contributed by atoms with E-state index >= 15 is 0 Å². The minimum Gasteiger partial charge on any atom is -0.508 e. The third-order valence-corrected chi connectivity index (χ3v) is 4.04. The highest BCUT2D eigenvalue weighted by atomic mass is 16.3. The van der Waals surface area contributed by atoms with Crippen LogP contribution in [0.25, 0.3) is 11.4 Å². The van der Waals surface area contributed by atoms with Gasteiger partial charge in [-0.05, 0) is 31.5 Å². The molecule has 0 fully saturated rings. The van der Waals surface area contributed by atoms with Crippen LogP contribution in [-0.2, 0) is 0 Å². The van der Waals surface area contributed by atoms with Gasteiger partial charge in [-0.1, -0.05) is 12.1 Å². The van der Waals surface area contributed by atoms with Crippen molar-refractivity contribution in [3.05, 3.63) is 54.6 Å². The molecule has 0 spiro atoms. The molecular weight excluding hydrogens is 318 g/mol. The lowest BCUT2D eigenvalue weighted by Crippen LogP contribution is -2.15. The first-order chi connectivity index (χ1) is 12.1. The van der Waals surface area contributed by atoms with Crippen LogP contribution in [0.15, 0.2) is 49.1 Å². The van der Waals surface area contributed by atoms with Gasteiger partial charge >= 0.3 is 0 Å². The van der Waals surface area contributed by atoms with E-state index in [9.17, 15) is 10.2 Å². The average molecular weight is 339 g/mol. The molecule has 2 atom stereocenters. The van der Waals surface area contributed by atoms with Crippen molar-refractivity contribution >= 4 is 5.95 Å². The first kappa shape index (κ1) is 16.9. The van der Waals surface area contributed by atoms with Crippen molar-refractivity contribution < 1.29 is 10.2 Å². The number of rotatable bonds is 6. The molecule has 3 N–H and O–H groups in total. The van der Waals surface area contributed by atoms with Crippen molar-refractivity contribution in [2.24, 2.45) is 0 Å². The third kappa shape index (κ3) is 3.61. The first-order valence-corrected chi connectivity index (χ1v) is 8.16. The van der Waals surface area contributed by atoms with Crippen LogP contribution in [0.3, 0.4) is 0 Å². The molecule has 0 amide bonds. The summed E-state index contributed by atoms with van der Waals surface area (Å²) < 4.78 is 1.89. The summed E-state index contributed by atoms with van der Waals surface area (Å²) in [6, 6.07) is 6.29. The van der Waals surface area contributed by atoms with Crippen molar-refractivity contribution in [1.82, 2.24) is 19.5 Å². The van der Waals surface area contributed by atoms with Crippen LogP contribution in [0, 0.1) is 0 Å². The lowest BCUT2D eigenvalue weighted by Gasteiger charge is -2.22. The molecule has 0 saturated carbocycles. The Bertz CT molecular complexity index is 814. The maximum Gasteiger partial charge on any atom is 0.222 e. The number of nitrogens with zero attached hydrogens (tertiary/aromatic N) is 4. The number of benzene rings is 1. The highest BCUT2D eigenvalue weighted by Crippen LogP contribution is 2.30. The molecule has 0 radical (unpaired) electrons. The maximum atomic E-state index is 10.7. The fraction of sp³-hybridized carbons (Fsp3) is 0.278. The van der Waals surface area contributed by atoms with Gasteiger partial charge in [0.2, 0.25) is 5.95 Å². The smallest absolute Gasteiger partial charge is 0.222 e. The maximum absolute atomic E-state index is 10.7. The molecule has 3 aromatic rings. The predicted octanol–water partition coefficient (Wildman–Crippen LogP) is 2.77. The van der Waals surface area contributed by atoms with Crippen LogP contribution in [0.4, 0.5) is 5.95 Å². The summed E-state index contributed by atoms with van der Waals surface area (Å²) >= 11 is 0. The molecule has 0 unspecified atom stereocenters. The van der Waals surface area contributed by atoms with Crippen LogP contribution in [0.1, 0.15) is 31.6 Å². The molecular formula is C18H21N5O2. The molecule has 3 rings (SSSR count). The third-order valence-electron chi connectivity index (χ3n) is 4.04. The van der Waals surface area contributed by atoms with Gasteiger partial charge in [0.15, 0.2) is 0 Å². The molecule has 25 heavy (non-hydrogen) atoms. The molecule has 0 aliphatic carbocycles. The van der Waals surface area contributed by atoms with Crippen LogP contribution >= 0.6 is 0 Å². The largest absolute Gasteiger partial charge is 0.508 e. The number of phenols is 1. The highest BCUT2D eigenvalue weighted by Gasteiger charge is 2.21. The summed E-state index contributed by atoms with van der Waals surface area (Å²) in [4.78, 5) is 12.9. The first-order valence-electron chi connectivity index (χ1n) is 8.16.